The topological polar surface area (TPSA) is 88.3 Å². The first-order chi connectivity index (χ1) is 16.1. The number of carbonyl (C=O) groups excluding carboxylic acids is 2. The van der Waals surface area contributed by atoms with Gasteiger partial charge in [-0.05, 0) is 52.6 Å². The van der Waals surface area contributed by atoms with Crippen molar-refractivity contribution in [1.82, 2.24) is 10.3 Å². The zero-order valence-corrected chi connectivity index (χ0v) is 18.0. The molecule has 4 rings (SSSR count). The molecule has 0 radical (unpaired) electrons. The molecule has 0 aliphatic rings. The minimum absolute atomic E-state index is 0.256. The summed E-state index contributed by atoms with van der Waals surface area (Å²) in [6.07, 6.45) is 3.41. The number of anilines is 1. The highest BCUT2D eigenvalue weighted by Crippen LogP contribution is 2.27. The number of rotatable bonds is 7. The Kier molecular flexibility index (Phi) is 6.75. The third kappa shape index (κ3) is 5.43. The van der Waals surface area contributed by atoms with Crippen LogP contribution in [0.1, 0.15) is 21.5 Å². The first-order valence-electron chi connectivity index (χ1n) is 10.6. The van der Waals surface area contributed by atoms with Crippen LogP contribution >= 0.6 is 0 Å². The third-order valence-electron chi connectivity index (χ3n) is 5.31. The third-order valence-corrected chi connectivity index (χ3v) is 5.31. The number of aromatic nitrogens is 1. The molecular formula is C27H24N4O2. The van der Waals surface area contributed by atoms with E-state index in [-0.39, 0.29) is 6.03 Å². The Bertz CT molecular complexity index is 1230. The Hall–Kier alpha value is -4.45. The summed E-state index contributed by atoms with van der Waals surface area (Å²) in [4.78, 5) is 30.5. The molecule has 0 aliphatic carbocycles. The summed E-state index contributed by atoms with van der Waals surface area (Å²) in [7, 11) is 0. The van der Waals surface area contributed by atoms with Crippen molar-refractivity contribution in [2.24, 2.45) is 5.73 Å². The number of carbonyl (C=O) groups is 2. The number of nitrogens with two attached hydrogens (primary N) is 1. The second-order valence-corrected chi connectivity index (χ2v) is 7.54. The van der Waals surface area contributed by atoms with Gasteiger partial charge in [0.15, 0.2) is 0 Å². The van der Waals surface area contributed by atoms with Gasteiger partial charge in [0, 0.05) is 30.2 Å². The van der Waals surface area contributed by atoms with E-state index in [9.17, 15) is 9.59 Å². The number of hydrogen-bond donors (Lipinski definition) is 2. The van der Waals surface area contributed by atoms with Crippen LogP contribution in [0.15, 0.2) is 103 Å². The molecule has 6 nitrogen and oxygen atoms in total. The van der Waals surface area contributed by atoms with Gasteiger partial charge in [0.25, 0.3) is 0 Å². The molecule has 1 heterocycles. The standard InChI is InChI=1S/C27H24N4O2/c28-26(32)22-12-14-24(15-13-22)31(27(33)30-18-20-7-6-16-29-17-20)19-23-10-4-5-11-25(23)21-8-2-1-3-9-21/h1-17H,18-19H2,(H2,28,32)(H,30,33). The molecule has 0 spiro atoms. The first-order valence-corrected chi connectivity index (χ1v) is 10.6. The number of benzene rings is 3. The fourth-order valence-corrected chi connectivity index (χ4v) is 3.59. The molecule has 0 bridgehead atoms. The Morgan fingerprint density at radius 3 is 2.27 bits per heavy atom. The lowest BCUT2D eigenvalue weighted by molar-refractivity contribution is 0.100. The molecule has 0 unspecified atom stereocenters. The van der Waals surface area contributed by atoms with Crippen LogP contribution < -0.4 is 16.0 Å². The molecular weight excluding hydrogens is 412 g/mol. The van der Waals surface area contributed by atoms with Crippen LogP contribution in [0.4, 0.5) is 10.5 Å². The van der Waals surface area contributed by atoms with E-state index in [0.717, 1.165) is 22.3 Å². The van der Waals surface area contributed by atoms with Gasteiger partial charge in [-0.15, -0.1) is 0 Å². The van der Waals surface area contributed by atoms with Crippen molar-refractivity contribution in [3.63, 3.8) is 0 Å². The summed E-state index contributed by atoms with van der Waals surface area (Å²) in [5.41, 5.74) is 10.5. The maximum Gasteiger partial charge on any atom is 0.322 e. The van der Waals surface area contributed by atoms with Crippen LogP contribution in [0, 0.1) is 0 Å². The van der Waals surface area contributed by atoms with Crippen LogP contribution in [0.25, 0.3) is 11.1 Å². The smallest absolute Gasteiger partial charge is 0.322 e. The molecule has 0 fully saturated rings. The second-order valence-electron chi connectivity index (χ2n) is 7.54. The summed E-state index contributed by atoms with van der Waals surface area (Å²) in [6.45, 7) is 0.697. The number of nitrogens with one attached hydrogen (secondary N) is 1. The Labute approximate surface area is 192 Å². The van der Waals surface area contributed by atoms with Crippen molar-refractivity contribution >= 4 is 17.6 Å². The summed E-state index contributed by atoms with van der Waals surface area (Å²) in [5, 5.41) is 2.97. The molecule has 1 aromatic heterocycles. The Morgan fingerprint density at radius 2 is 1.58 bits per heavy atom. The molecule has 6 heteroatoms. The largest absolute Gasteiger partial charge is 0.366 e. The first kappa shape index (κ1) is 21.8. The highest BCUT2D eigenvalue weighted by Gasteiger charge is 2.18. The molecule has 3 aromatic carbocycles. The minimum Gasteiger partial charge on any atom is -0.366 e. The Balaban J connectivity index is 1.64. The number of hydrogen-bond acceptors (Lipinski definition) is 3. The van der Waals surface area contributed by atoms with Gasteiger partial charge >= 0.3 is 6.03 Å². The maximum atomic E-state index is 13.3. The van der Waals surface area contributed by atoms with Crippen LogP contribution in [0.2, 0.25) is 0 Å². The predicted molar refractivity (Wildman–Crippen MR) is 129 cm³/mol. The van der Waals surface area contributed by atoms with E-state index in [0.29, 0.717) is 24.3 Å². The Morgan fingerprint density at radius 1 is 0.848 bits per heavy atom. The lowest BCUT2D eigenvalue weighted by atomic mass is 9.99. The van der Waals surface area contributed by atoms with E-state index in [4.69, 9.17) is 5.73 Å². The quantitative estimate of drug-likeness (QED) is 0.438. The average molecular weight is 437 g/mol. The second kappa shape index (κ2) is 10.2. The van der Waals surface area contributed by atoms with Crippen molar-refractivity contribution in [2.45, 2.75) is 13.1 Å². The maximum absolute atomic E-state index is 13.3. The predicted octanol–water partition coefficient (Wildman–Crippen LogP) is 4.76. The summed E-state index contributed by atoms with van der Waals surface area (Å²) >= 11 is 0. The van der Waals surface area contributed by atoms with Gasteiger partial charge in [0.2, 0.25) is 5.91 Å². The number of primary amides is 1. The summed E-state index contributed by atoms with van der Waals surface area (Å²) < 4.78 is 0. The lowest BCUT2D eigenvalue weighted by Gasteiger charge is -2.25. The van der Waals surface area contributed by atoms with Crippen LogP contribution in [-0.4, -0.2) is 16.9 Å². The van der Waals surface area contributed by atoms with Crippen molar-refractivity contribution < 1.29 is 9.59 Å². The number of pyridine rings is 1. The van der Waals surface area contributed by atoms with Crippen LogP contribution in [0.3, 0.4) is 0 Å². The van der Waals surface area contributed by atoms with E-state index < -0.39 is 5.91 Å². The summed E-state index contributed by atoms with van der Waals surface area (Å²) in [6, 6.07) is 28.3. The minimum atomic E-state index is -0.511. The fourth-order valence-electron chi connectivity index (χ4n) is 3.59. The van der Waals surface area contributed by atoms with Gasteiger partial charge in [0.1, 0.15) is 0 Å². The van der Waals surface area contributed by atoms with E-state index in [2.05, 4.69) is 10.3 Å². The van der Waals surface area contributed by atoms with E-state index in [1.165, 1.54) is 0 Å². The van der Waals surface area contributed by atoms with E-state index in [1.807, 2.05) is 66.7 Å². The number of nitrogens with zero attached hydrogens (tertiary/aromatic N) is 2. The zero-order valence-electron chi connectivity index (χ0n) is 18.0. The van der Waals surface area contributed by atoms with Crippen molar-refractivity contribution in [1.29, 1.82) is 0 Å². The molecule has 0 saturated carbocycles. The zero-order chi connectivity index (χ0) is 23.0. The average Bonchev–Trinajstić information content (AvgIpc) is 2.87. The van der Waals surface area contributed by atoms with Crippen molar-refractivity contribution in [3.8, 4) is 11.1 Å². The van der Waals surface area contributed by atoms with Crippen molar-refractivity contribution in [2.75, 3.05) is 4.90 Å². The monoisotopic (exact) mass is 436 g/mol. The van der Waals surface area contributed by atoms with Gasteiger partial charge < -0.3 is 11.1 Å². The fraction of sp³-hybridized carbons (Fsp3) is 0.0741. The van der Waals surface area contributed by atoms with Gasteiger partial charge in [-0.25, -0.2) is 4.79 Å². The van der Waals surface area contributed by atoms with Gasteiger partial charge in [-0.2, -0.15) is 0 Å². The van der Waals surface area contributed by atoms with Crippen LogP contribution in [-0.2, 0) is 13.1 Å². The summed E-state index contributed by atoms with van der Waals surface area (Å²) in [5.74, 6) is -0.511. The van der Waals surface area contributed by atoms with Gasteiger partial charge in [0.05, 0.1) is 6.54 Å². The number of urea groups is 1. The van der Waals surface area contributed by atoms with Gasteiger partial charge in [-0.3, -0.25) is 14.7 Å². The normalized spacial score (nSPS) is 10.4. The molecule has 4 aromatic rings. The lowest BCUT2D eigenvalue weighted by Crippen LogP contribution is -2.39. The highest BCUT2D eigenvalue weighted by atomic mass is 16.2. The molecule has 3 amide bonds. The molecule has 3 N–H and O–H groups in total. The molecule has 164 valence electrons. The van der Waals surface area contributed by atoms with Crippen molar-refractivity contribution in [3.05, 3.63) is 120 Å². The highest BCUT2D eigenvalue weighted by molar-refractivity contribution is 5.95. The van der Waals surface area contributed by atoms with Gasteiger partial charge in [-0.1, -0.05) is 60.7 Å². The van der Waals surface area contributed by atoms with Crippen LogP contribution in [0.5, 0.6) is 0 Å². The molecule has 33 heavy (non-hydrogen) atoms. The molecule has 0 aliphatic heterocycles. The SMILES string of the molecule is NC(=O)c1ccc(N(Cc2ccccc2-c2ccccc2)C(=O)NCc2cccnc2)cc1. The van der Waals surface area contributed by atoms with E-state index >= 15 is 0 Å². The number of amides is 3. The molecule has 0 saturated heterocycles. The van der Waals surface area contributed by atoms with E-state index in [1.54, 1.807) is 41.6 Å². The molecule has 0 atom stereocenters.